The second kappa shape index (κ2) is 4.74. The number of rotatable bonds is 2. The average molecular weight is 295 g/mol. The van der Waals surface area contributed by atoms with Crippen LogP contribution in [0.25, 0.3) is 21.7 Å². The van der Waals surface area contributed by atoms with Crippen molar-refractivity contribution in [3.05, 3.63) is 46.8 Å². The lowest BCUT2D eigenvalue weighted by Crippen LogP contribution is -1.97. The number of benzene rings is 1. The Kier molecular flexibility index (Phi) is 2.86. The monoisotopic (exact) mass is 295 g/mol. The molecule has 2 N–H and O–H groups in total. The summed E-state index contributed by atoms with van der Waals surface area (Å²) in [6.45, 7) is 0. The van der Waals surface area contributed by atoms with Gasteiger partial charge in [0.25, 0.3) is 0 Å². The van der Waals surface area contributed by atoms with Crippen LogP contribution >= 0.6 is 11.3 Å². The van der Waals surface area contributed by atoms with Crippen molar-refractivity contribution in [2.24, 2.45) is 7.05 Å². The number of fused-ring (bicyclic) bond motifs is 1. The van der Waals surface area contributed by atoms with Crippen LogP contribution in [0.4, 0.5) is 5.82 Å². The third-order valence-corrected chi connectivity index (χ3v) is 5.38. The molecule has 0 fully saturated rings. The standard InChI is InChI=1S/C17H17N3S/c1-20-17(18)15(11-6-3-2-4-7-11)16(19-20)14-10-12-8-5-9-13(12)21-14/h2-4,6-7,10H,5,8-9,18H2,1H3. The SMILES string of the molecule is Cn1nc(-c2cc3c(s2)CCC3)c(-c2ccccc2)c1N. The molecule has 3 nitrogen and oxygen atoms in total. The highest BCUT2D eigenvalue weighted by Gasteiger charge is 2.22. The van der Waals surface area contributed by atoms with Gasteiger partial charge in [-0.1, -0.05) is 30.3 Å². The number of aromatic nitrogens is 2. The van der Waals surface area contributed by atoms with Crippen LogP contribution < -0.4 is 5.73 Å². The van der Waals surface area contributed by atoms with Gasteiger partial charge in [0.05, 0.1) is 10.4 Å². The van der Waals surface area contributed by atoms with Gasteiger partial charge in [-0.15, -0.1) is 11.3 Å². The van der Waals surface area contributed by atoms with Crippen molar-refractivity contribution in [2.45, 2.75) is 19.3 Å². The van der Waals surface area contributed by atoms with Gasteiger partial charge in [-0.05, 0) is 36.5 Å². The maximum absolute atomic E-state index is 6.27. The Bertz CT molecular complexity index is 778. The van der Waals surface area contributed by atoms with Crippen molar-refractivity contribution < 1.29 is 0 Å². The molecule has 0 amide bonds. The van der Waals surface area contributed by atoms with Gasteiger partial charge in [0.2, 0.25) is 0 Å². The first-order valence-corrected chi connectivity index (χ1v) is 8.05. The van der Waals surface area contributed by atoms with Crippen LogP contribution in [-0.4, -0.2) is 9.78 Å². The molecule has 4 heteroatoms. The van der Waals surface area contributed by atoms with E-state index in [0.29, 0.717) is 0 Å². The minimum absolute atomic E-state index is 0.727. The molecule has 0 unspecified atom stereocenters. The van der Waals surface area contributed by atoms with Crippen LogP contribution in [0.1, 0.15) is 16.9 Å². The highest BCUT2D eigenvalue weighted by atomic mass is 32.1. The summed E-state index contributed by atoms with van der Waals surface area (Å²) in [4.78, 5) is 2.76. The van der Waals surface area contributed by atoms with Gasteiger partial charge in [-0.25, -0.2) is 0 Å². The Morgan fingerprint density at radius 1 is 1.19 bits per heavy atom. The van der Waals surface area contributed by atoms with Gasteiger partial charge >= 0.3 is 0 Å². The molecular weight excluding hydrogens is 278 g/mol. The van der Waals surface area contributed by atoms with Crippen LogP contribution in [0.2, 0.25) is 0 Å². The molecule has 4 rings (SSSR count). The summed E-state index contributed by atoms with van der Waals surface area (Å²) in [6.07, 6.45) is 3.70. The molecule has 1 aliphatic carbocycles. The van der Waals surface area contributed by atoms with E-state index in [1.54, 1.807) is 4.68 Å². The van der Waals surface area contributed by atoms with Crippen LogP contribution in [-0.2, 0) is 19.9 Å². The third kappa shape index (κ3) is 1.98. The van der Waals surface area contributed by atoms with Crippen LogP contribution in [0.15, 0.2) is 36.4 Å². The summed E-state index contributed by atoms with van der Waals surface area (Å²) in [5.74, 6) is 0.727. The van der Waals surface area contributed by atoms with Gasteiger partial charge in [0, 0.05) is 11.9 Å². The molecule has 106 valence electrons. The fourth-order valence-electron chi connectivity index (χ4n) is 3.04. The zero-order valence-electron chi connectivity index (χ0n) is 12.0. The predicted molar refractivity (Wildman–Crippen MR) is 88.4 cm³/mol. The quantitative estimate of drug-likeness (QED) is 0.779. The first-order chi connectivity index (χ1) is 10.2. The zero-order chi connectivity index (χ0) is 14.4. The van der Waals surface area contributed by atoms with E-state index < -0.39 is 0 Å². The van der Waals surface area contributed by atoms with Gasteiger partial charge in [-0.3, -0.25) is 4.68 Å². The normalized spacial score (nSPS) is 13.6. The second-order valence-electron chi connectivity index (χ2n) is 5.51. The number of aryl methyl sites for hydroxylation is 3. The molecule has 0 radical (unpaired) electrons. The van der Waals surface area contributed by atoms with E-state index in [1.807, 2.05) is 36.6 Å². The molecule has 2 aromatic heterocycles. The molecule has 0 bridgehead atoms. The van der Waals surface area contributed by atoms with Crippen molar-refractivity contribution in [2.75, 3.05) is 5.73 Å². The highest BCUT2D eigenvalue weighted by molar-refractivity contribution is 7.15. The first-order valence-electron chi connectivity index (χ1n) is 7.24. The average Bonchev–Trinajstić information content (AvgIpc) is 3.14. The number of hydrogen-bond acceptors (Lipinski definition) is 3. The lowest BCUT2D eigenvalue weighted by atomic mass is 10.0. The van der Waals surface area contributed by atoms with E-state index in [4.69, 9.17) is 5.73 Å². The minimum Gasteiger partial charge on any atom is -0.383 e. The molecule has 0 saturated carbocycles. The molecule has 0 spiro atoms. The van der Waals surface area contributed by atoms with E-state index in [0.717, 1.165) is 22.6 Å². The lowest BCUT2D eigenvalue weighted by molar-refractivity contribution is 0.783. The lowest BCUT2D eigenvalue weighted by Gasteiger charge is -2.02. The number of nitrogen functional groups attached to an aromatic ring is 1. The molecular formula is C17H17N3S. The number of hydrogen-bond donors (Lipinski definition) is 1. The van der Waals surface area contributed by atoms with Crippen molar-refractivity contribution in [1.29, 1.82) is 0 Å². The number of nitrogens with zero attached hydrogens (tertiary/aromatic N) is 2. The van der Waals surface area contributed by atoms with Gasteiger partial charge in [-0.2, -0.15) is 5.10 Å². The minimum atomic E-state index is 0.727. The molecule has 0 atom stereocenters. The van der Waals surface area contributed by atoms with Crippen LogP contribution in [0.5, 0.6) is 0 Å². The molecule has 0 aliphatic heterocycles. The van der Waals surface area contributed by atoms with Crippen molar-refractivity contribution in [3.8, 4) is 21.7 Å². The number of thiophene rings is 1. The van der Waals surface area contributed by atoms with E-state index in [-0.39, 0.29) is 0 Å². The van der Waals surface area contributed by atoms with Crippen molar-refractivity contribution >= 4 is 17.2 Å². The van der Waals surface area contributed by atoms with Crippen LogP contribution in [0, 0.1) is 0 Å². The molecule has 2 heterocycles. The van der Waals surface area contributed by atoms with Crippen LogP contribution in [0.3, 0.4) is 0 Å². The van der Waals surface area contributed by atoms with E-state index in [9.17, 15) is 0 Å². The molecule has 3 aromatic rings. The molecule has 0 saturated heterocycles. The maximum Gasteiger partial charge on any atom is 0.129 e. The van der Waals surface area contributed by atoms with E-state index in [1.165, 1.54) is 34.6 Å². The predicted octanol–water partition coefficient (Wildman–Crippen LogP) is 3.89. The van der Waals surface area contributed by atoms with Gasteiger partial charge in [0.15, 0.2) is 0 Å². The summed E-state index contributed by atoms with van der Waals surface area (Å²) >= 11 is 1.87. The fourth-order valence-corrected chi connectivity index (χ4v) is 4.29. The largest absolute Gasteiger partial charge is 0.383 e. The first kappa shape index (κ1) is 12.7. The van der Waals surface area contributed by atoms with Crippen molar-refractivity contribution in [3.63, 3.8) is 0 Å². The zero-order valence-corrected chi connectivity index (χ0v) is 12.8. The summed E-state index contributed by atoms with van der Waals surface area (Å²) in [5, 5.41) is 4.67. The second-order valence-corrected chi connectivity index (χ2v) is 6.65. The summed E-state index contributed by atoms with van der Waals surface area (Å²) in [7, 11) is 1.91. The Labute approximate surface area is 128 Å². The highest BCUT2D eigenvalue weighted by Crippen LogP contribution is 2.42. The molecule has 1 aliphatic rings. The number of nitrogens with two attached hydrogens (primary N) is 1. The van der Waals surface area contributed by atoms with Crippen molar-refractivity contribution in [1.82, 2.24) is 9.78 Å². The third-order valence-electron chi connectivity index (χ3n) is 4.13. The van der Waals surface area contributed by atoms with E-state index >= 15 is 0 Å². The smallest absolute Gasteiger partial charge is 0.129 e. The topological polar surface area (TPSA) is 43.8 Å². The summed E-state index contributed by atoms with van der Waals surface area (Å²) in [6, 6.07) is 12.6. The molecule has 1 aromatic carbocycles. The fraction of sp³-hybridized carbons (Fsp3) is 0.235. The van der Waals surface area contributed by atoms with E-state index in [2.05, 4.69) is 23.3 Å². The Morgan fingerprint density at radius 3 is 2.76 bits per heavy atom. The summed E-state index contributed by atoms with van der Waals surface area (Å²) in [5.41, 5.74) is 11.0. The number of anilines is 1. The maximum atomic E-state index is 6.27. The Morgan fingerprint density at radius 2 is 2.00 bits per heavy atom. The molecule has 21 heavy (non-hydrogen) atoms. The Hall–Kier alpha value is -2.07. The Balaban J connectivity index is 1.91. The summed E-state index contributed by atoms with van der Waals surface area (Å²) < 4.78 is 1.78. The van der Waals surface area contributed by atoms with Gasteiger partial charge in [0.1, 0.15) is 11.5 Å². The van der Waals surface area contributed by atoms with Gasteiger partial charge < -0.3 is 5.73 Å².